The fourth-order valence-corrected chi connectivity index (χ4v) is 2.32. The number of hydrogen-bond acceptors (Lipinski definition) is 4. The number of hydrogen-bond donors (Lipinski definition) is 1. The largest absolute Gasteiger partial charge is 0.491 e. The highest BCUT2D eigenvalue weighted by Crippen LogP contribution is 2.35. The minimum absolute atomic E-state index is 0.121. The van der Waals surface area contributed by atoms with Gasteiger partial charge in [-0.2, -0.15) is 13.2 Å². The van der Waals surface area contributed by atoms with E-state index in [2.05, 4.69) is 15.3 Å². The van der Waals surface area contributed by atoms with E-state index in [4.69, 9.17) is 4.74 Å². The molecule has 0 fully saturated rings. The predicted molar refractivity (Wildman–Crippen MR) is 86.9 cm³/mol. The zero-order chi connectivity index (χ0) is 18.7. The van der Waals surface area contributed by atoms with E-state index in [0.717, 1.165) is 6.07 Å². The average molecular weight is 364 g/mol. The molecule has 0 aliphatic rings. The van der Waals surface area contributed by atoms with E-state index in [-0.39, 0.29) is 18.1 Å². The summed E-state index contributed by atoms with van der Waals surface area (Å²) >= 11 is 0. The van der Waals surface area contributed by atoms with E-state index in [1.807, 2.05) is 0 Å². The molecule has 0 bridgehead atoms. The minimum atomic E-state index is -4.51. The topological polar surface area (TPSA) is 68.5 Å². The lowest BCUT2D eigenvalue weighted by Gasteiger charge is -2.17. The van der Waals surface area contributed by atoms with Crippen LogP contribution in [0.3, 0.4) is 0 Å². The molecular formula is C17H15F3N4O2. The molecule has 0 saturated heterocycles. The van der Waals surface area contributed by atoms with E-state index in [1.54, 1.807) is 29.8 Å². The van der Waals surface area contributed by atoms with Gasteiger partial charge in [-0.05, 0) is 25.1 Å². The summed E-state index contributed by atoms with van der Waals surface area (Å²) in [6, 6.07) is 6.11. The number of nitrogens with zero attached hydrogens (tertiary/aromatic N) is 3. The summed E-state index contributed by atoms with van der Waals surface area (Å²) in [6.45, 7) is 1.51. The van der Waals surface area contributed by atoms with Gasteiger partial charge in [-0.3, -0.25) is 9.20 Å². The van der Waals surface area contributed by atoms with Crippen LogP contribution in [-0.2, 0) is 6.18 Å². The quantitative estimate of drug-likeness (QED) is 0.756. The Hall–Kier alpha value is -3.10. The van der Waals surface area contributed by atoms with E-state index in [1.165, 1.54) is 24.4 Å². The number of ether oxygens (including phenoxy) is 1. The molecule has 26 heavy (non-hydrogen) atoms. The number of imidazole rings is 1. The maximum atomic E-state index is 12.9. The van der Waals surface area contributed by atoms with Crippen molar-refractivity contribution in [1.29, 1.82) is 0 Å². The molecule has 6 nitrogen and oxygen atoms in total. The van der Waals surface area contributed by atoms with E-state index in [0.29, 0.717) is 5.78 Å². The Labute approximate surface area is 146 Å². The van der Waals surface area contributed by atoms with Gasteiger partial charge < -0.3 is 10.1 Å². The number of carbonyl (C=O) groups excluding carboxylic acids is 1. The van der Waals surface area contributed by atoms with Crippen molar-refractivity contribution in [2.45, 2.75) is 19.1 Å². The second-order valence-electron chi connectivity index (χ2n) is 5.63. The number of carbonyl (C=O) groups is 1. The smallest absolute Gasteiger partial charge is 0.419 e. The van der Waals surface area contributed by atoms with Crippen LogP contribution in [0.25, 0.3) is 5.78 Å². The van der Waals surface area contributed by atoms with Crippen LogP contribution in [-0.4, -0.2) is 32.9 Å². The maximum Gasteiger partial charge on any atom is 0.419 e. The number of para-hydroxylation sites is 1. The second kappa shape index (κ2) is 7.03. The van der Waals surface area contributed by atoms with Gasteiger partial charge >= 0.3 is 6.18 Å². The van der Waals surface area contributed by atoms with Crippen molar-refractivity contribution in [2.24, 2.45) is 0 Å². The lowest BCUT2D eigenvalue weighted by atomic mass is 10.2. The molecule has 3 rings (SSSR count). The van der Waals surface area contributed by atoms with Crippen molar-refractivity contribution in [2.75, 3.05) is 6.61 Å². The summed E-state index contributed by atoms with van der Waals surface area (Å²) in [5.74, 6) is -0.366. The molecule has 3 aromatic rings. The van der Waals surface area contributed by atoms with Crippen LogP contribution in [0, 0.1) is 0 Å². The number of nitrogens with one attached hydrogen (secondary N) is 1. The van der Waals surface area contributed by atoms with Gasteiger partial charge in [-0.25, -0.2) is 9.97 Å². The van der Waals surface area contributed by atoms with Crippen LogP contribution >= 0.6 is 0 Å². The van der Waals surface area contributed by atoms with Gasteiger partial charge in [-0.1, -0.05) is 12.1 Å². The van der Waals surface area contributed by atoms with Gasteiger partial charge in [0.25, 0.3) is 5.91 Å². The van der Waals surface area contributed by atoms with Crippen LogP contribution in [0.2, 0.25) is 0 Å². The number of benzene rings is 1. The van der Waals surface area contributed by atoms with Gasteiger partial charge in [-0.15, -0.1) is 0 Å². The SMILES string of the molecule is CC(COc1ccccc1C(F)(F)F)NC(=O)c1cn2cccnc2n1. The molecule has 1 atom stereocenters. The molecule has 1 N–H and O–H groups in total. The first kappa shape index (κ1) is 17.7. The van der Waals surface area contributed by atoms with Gasteiger partial charge in [0.05, 0.1) is 11.6 Å². The molecule has 1 amide bonds. The highest BCUT2D eigenvalue weighted by atomic mass is 19.4. The number of rotatable bonds is 5. The first-order valence-electron chi connectivity index (χ1n) is 7.74. The van der Waals surface area contributed by atoms with Crippen molar-refractivity contribution in [1.82, 2.24) is 19.7 Å². The van der Waals surface area contributed by atoms with E-state index in [9.17, 15) is 18.0 Å². The summed E-state index contributed by atoms with van der Waals surface area (Å²) in [4.78, 5) is 20.3. The van der Waals surface area contributed by atoms with E-state index < -0.39 is 23.7 Å². The fraction of sp³-hybridized carbons (Fsp3) is 0.235. The van der Waals surface area contributed by atoms with Gasteiger partial charge in [0.2, 0.25) is 5.78 Å². The molecule has 9 heteroatoms. The van der Waals surface area contributed by atoms with Crippen LogP contribution in [0.4, 0.5) is 13.2 Å². The third kappa shape index (κ3) is 3.93. The van der Waals surface area contributed by atoms with Gasteiger partial charge in [0.15, 0.2) is 0 Å². The molecule has 136 valence electrons. The second-order valence-corrected chi connectivity index (χ2v) is 5.63. The Morgan fingerprint density at radius 1 is 1.31 bits per heavy atom. The lowest BCUT2D eigenvalue weighted by molar-refractivity contribution is -0.139. The third-order valence-corrected chi connectivity index (χ3v) is 3.53. The van der Waals surface area contributed by atoms with Crippen molar-refractivity contribution in [3.63, 3.8) is 0 Å². The first-order valence-corrected chi connectivity index (χ1v) is 7.74. The number of halogens is 3. The molecule has 0 radical (unpaired) electrons. The molecule has 2 aromatic heterocycles. The molecule has 1 aromatic carbocycles. The van der Waals surface area contributed by atoms with Crippen molar-refractivity contribution >= 4 is 11.7 Å². The zero-order valence-corrected chi connectivity index (χ0v) is 13.7. The monoisotopic (exact) mass is 364 g/mol. The van der Waals surface area contributed by atoms with Crippen molar-refractivity contribution in [3.8, 4) is 5.75 Å². The molecule has 1 unspecified atom stereocenters. The number of alkyl halides is 3. The third-order valence-electron chi connectivity index (χ3n) is 3.53. The number of aromatic nitrogens is 3. The molecule has 2 heterocycles. The summed E-state index contributed by atoms with van der Waals surface area (Å²) in [5, 5.41) is 2.64. The highest BCUT2D eigenvalue weighted by Gasteiger charge is 2.34. The maximum absolute atomic E-state index is 12.9. The normalized spacial score (nSPS) is 12.8. The van der Waals surface area contributed by atoms with Crippen LogP contribution in [0.15, 0.2) is 48.9 Å². The Morgan fingerprint density at radius 2 is 2.08 bits per heavy atom. The Balaban J connectivity index is 1.62. The van der Waals surface area contributed by atoms with Crippen molar-refractivity contribution in [3.05, 3.63) is 60.2 Å². The lowest BCUT2D eigenvalue weighted by Crippen LogP contribution is -2.37. The molecule has 0 saturated carbocycles. The summed E-state index contributed by atoms with van der Waals surface area (Å²) in [5.41, 5.74) is -0.698. The first-order chi connectivity index (χ1) is 12.3. The Kier molecular flexibility index (Phi) is 4.79. The van der Waals surface area contributed by atoms with Crippen LogP contribution in [0.1, 0.15) is 23.0 Å². The zero-order valence-electron chi connectivity index (χ0n) is 13.7. The summed E-state index contributed by atoms with van der Waals surface area (Å²) in [7, 11) is 0. The van der Waals surface area contributed by atoms with Gasteiger partial charge in [0.1, 0.15) is 18.1 Å². The standard InChI is InChI=1S/C17H15F3N4O2/c1-11(10-26-14-6-3-2-5-12(14)17(18,19)20)22-15(25)13-9-24-8-4-7-21-16(24)23-13/h2-9,11H,10H2,1H3,(H,22,25). The van der Waals surface area contributed by atoms with Crippen LogP contribution < -0.4 is 10.1 Å². The molecule has 0 spiro atoms. The molecule has 0 aliphatic heterocycles. The predicted octanol–water partition coefficient (Wildman–Crippen LogP) is 2.95. The molecular weight excluding hydrogens is 349 g/mol. The fourth-order valence-electron chi connectivity index (χ4n) is 2.32. The summed E-state index contributed by atoms with van der Waals surface area (Å²) < 4.78 is 45.7. The Bertz CT molecular complexity index is 891. The summed E-state index contributed by atoms with van der Waals surface area (Å²) in [6.07, 6.45) is 0.266. The Morgan fingerprint density at radius 3 is 2.81 bits per heavy atom. The van der Waals surface area contributed by atoms with Crippen molar-refractivity contribution < 1.29 is 22.7 Å². The minimum Gasteiger partial charge on any atom is -0.491 e. The number of fused-ring (bicyclic) bond motifs is 1. The highest BCUT2D eigenvalue weighted by molar-refractivity contribution is 5.92. The van der Waals surface area contributed by atoms with E-state index >= 15 is 0 Å². The number of amides is 1. The molecule has 0 aliphatic carbocycles. The van der Waals surface area contributed by atoms with Gasteiger partial charge in [0, 0.05) is 18.6 Å². The average Bonchev–Trinajstić information content (AvgIpc) is 3.04. The van der Waals surface area contributed by atoms with Crippen LogP contribution in [0.5, 0.6) is 5.75 Å².